The van der Waals surface area contributed by atoms with Crippen LogP contribution in [0.2, 0.25) is 5.02 Å². The molecule has 1 heterocycles. The van der Waals surface area contributed by atoms with Crippen LogP contribution in [0.15, 0.2) is 23.1 Å². The van der Waals surface area contributed by atoms with E-state index in [1.54, 1.807) is 19.1 Å². The maximum absolute atomic E-state index is 12.3. The summed E-state index contributed by atoms with van der Waals surface area (Å²) in [5.41, 5.74) is 0.702. The fourth-order valence-corrected chi connectivity index (χ4v) is 3.84. The Hall–Kier alpha value is -0.620. The van der Waals surface area contributed by atoms with Crippen molar-refractivity contribution < 1.29 is 8.42 Å². The van der Waals surface area contributed by atoms with Gasteiger partial charge in [0, 0.05) is 17.6 Å². The maximum atomic E-state index is 12.3. The number of piperidine rings is 1. The normalized spacial score (nSPS) is 20.4. The number of rotatable bonds is 4. The molecule has 1 aliphatic rings. The third-order valence-electron chi connectivity index (χ3n) is 3.37. The van der Waals surface area contributed by atoms with Crippen molar-refractivity contribution >= 4 is 21.6 Å². The summed E-state index contributed by atoms with van der Waals surface area (Å²) in [5.74, 6) is 0. The first kappa shape index (κ1) is 14.8. The van der Waals surface area contributed by atoms with Gasteiger partial charge in [0.1, 0.15) is 0 Å². The van der Waals surface area contributed by atoms with E-state index in [1.165, 1.54) is 6.07 Å². The summed E-state index contributed by atoms with van der Waals surface area (Å²) in [6, 6.07) is 5.13. The van der Waals surface area contributed by atoms with Crippen molar-refractivity contribution in [1.82, 2.24) is 10.0 Å². The van der Waals surface area contributed by atoms with Gasteiger partial charge in [-0.2, -0.15) is 0 Å². The van der Waals surface area contributed by atoms with Crippen molar-refractivity contribution in [1.29, 1.82) is 0 Å². The van der Waals surface area contributed by atoms with E-state index in [9.17, 15) is 8.42 Å². The van der Waals surface area contributed by atoms with E-state index in [1.807, 2.05) is 0 Å². The second-order valence-electron chi connectivity index (χ2n) is 4.91. The predicted octanol–water partition coefficient (Wildman–Crippen LogP) is 2.07. The van der Waals surface area contributed by atoms with Crippen LogP contribution in [0.4, 0.5) is 0 Å². The molecule has 0 aromatic heterocycles. The van der Waals surface area contributed by atoms with Gasteiger partial charge in [-0.3, -0.25) is 0 Å². The Balaban J connectivity index is 2.07. The van der Waals surface area contributed by atoms with Crippen LogP contribution in [0.3, 0.4) is 0 Å². The predicted molar refractivity (Wildman–Crippen MR) is 77.0 cm³/mol. The first-order valence-corrected chi connectivity index (χ1v) is 8.34. The quantitative estimate of drug-likeness (QED) is 0.895. The van der Waals surface area contributed by atoms with E-state index < -0.39 is 10.0 Å². The van der Waals surface area contributed by atoms with Gasteiger partial charge in [0.05, 0.1) is 4.90 Å². The molecule has 4 nitrogen and oxygen atoms in total. The molecule has 1 saturated heterocycles. The molecule has 1 fully saturated rings. The van der Waals surface area contributed by atoms with E-state index >= 15 is 0 Å². The van der Waals surface area contributed by atoms with Crippen molar-refractivity contribution in [3.05, 3.63) is 28.8 Å². The molecule has 1 unspecified atom stereocenters. The summed E-state index contributed by atoms with van der Waals surface area (Å²) >= 11 is 5.87. The molecule has 0 bridgehead atoms. The third-order valence-corrected chi connectivity index (χ3v) is 5.17. The minimum absolute atomic E-state index is 0.225. The molecular weight excluding hydrogens is 284 g/mol. The van der Waals surface area contributed by atoms with Crippen LogP contribution in [0, 0.1) is 6.92 Å². The van der Waals surface area contributed by atoms with Crippen molar-refractivity contribution in [2.24, 2.45) is 0 Å². The van der Waals surface area contributed by atoms with Gasteiger partial charge < -0.3 is 5.32 Å². The number of halogens is 1. The molecule has 1 aromatic rings. The highest BCUT2D eigenvalue weighted by atomic mass is 35.5. The molecule has 2 N–H and O–H groups in total. The Morgan fingerprint density at radius 1 is 1.42 bits per heavy atom. The molecule has 0 amide bonds. The van der Waals surface area contributed by atoms with Crippen LogP contribution in [0.1, 0.15) is 24.8 Å². The number of sulfonamides is 1. The molecule has 6 heteroatoms. The lowest BCUT2D eigenvalue weighted by molar-refractivity contribution is 0.398. The van der Waals surface area contributed by atoms with E-state index in [0.29, 0.717) is 17.1 Å². The highest BCUT2D eigenvalue weighted by Gasteiger charge is 2.20. The van der Waals surface area contributed by atoms with Gasteiger partial charge in [0.25, 0.3) is 0 Å². The van der Waals surface area contributed by atoms with Crippen LogP contribution in [0.25, 0.3) is 0 Å². The monoisotopic (exact) mass is 302 g/mol. The third kappa shape index (κ3) is 3.92. The van der Waals surface area contributed by atoms with Crippen LogP contribution in [-0.2, 0) is 10.0 Å². The molecule has 2 rings (SSSR count). The number of hydrogen-bond acceptors (Lipinski definition) is 3. The highest BCUT2D eigenvalue weighted by Crippen LogP contribution is 2.20. The smallest absolute Gasteiger partial charge is 0.240 e. The van der Waals surface area contributed by atoms with Crippen LogP contribution < -0.4 is 10.0 Å². The fourth-order valence-electron chi connectivity index (χ4n) is 2.25. The molecule has 1 aliphatic heterocycles. The number of hydrogen-bond donors (Lipinski definition) is 2. The zero-order chi connectivity index (χ0) is 13.9. The average molecular weight is 303 g/mol. The molecule has 0 saturated carbocycles. The number of nitrogens with one attached hydrogen (secondary N) is 2. The Bertz CT molecular complexity index is 540. The van der Waals surface area contributed by atoms with Gasteiger partial charge in [-0.25, -0.2) is 13.1 Å². The minimum atomic E-state index is -3.49. The molecule has 0 radical (unpaired) electrons. The minimum Gasteiger partial charge on any atom is -0.313 e. The molecule has 0 aliphatic carbocycles. The van der Waals surface area contributed by atoms with Crippen molar-refractivity contribution in [3.63, 3.8) is 0 Å². The van der Waals surface area contributed by atoms with E-state index in [-0.39, 0.29) is 10.9 Å². The van der Waals surface area contributed by atoms with E-state index in [4.69, 9.17) is 11.6 Å². The van der Waals surface area contributed by atoms with Crippen molar-refractivity contribution in [3.8, 4) is 0 Å². The summed E-state index contributed by atoms with van der Waals surface area (Å²) in [5, 5.41) is 3.75. The average Bonchev–Trinajstić information content (AvgIpc) is 2.40. The summed E-state index contributed by atoms with van der Waals surface area (Å²) < 4.78 is 27.2. The second-order valence-corrected chi connectivity index (χ2v) is 7.08. The van der Waals surface area contributed by atoms with Crippen molar-refractivity contribution in [2.75, 3.05) is 13.1 Å². The van der Waals surface area contributed by atoms with Crippen molar-refractivity contribution in [2.45, 2.75) is 37.1 Å². The maximum Gasteiger partial charge on any atom is 0.240 e. The van der Waals surface area contributed by atoms with Gasteiger partial charge in [-0.1, -0.05) is 24.1 Å². The molecule has 0 spiro atoms. The number of aryl methyl sites for hydroxylation is 1. The summed E-state index contributed by atoms with van der Waals surface area (Å²) in [6.07, 6.45) is 3.32. The zero-order valence-electron chi connectivity index (χ0n) is 10.9. The lowest BCUT2D eigenvalue weighted by atomic mass is 10.1. The SMILES string of the molecule is Cc1ccc(Cl)cc1S(=O)(=O)NCC1CCCCN1. The lowest BCUT2D eigenvalue weighted by Crippen LogP contribution is -2.43. The highest BCUT2D eigenvalue weighted by molar-refractivity contribution is 7.89. The summed E-state index contributed by atoms with van der Waals surface area (Å²) in [7, 11) is -3.49. The fraction of sp³-hybridized carbons (Fsp3) is 0.538. The van der Waals surface area contributed by atoms with Crippen LogP contribution >= 0.6 is 11.6 Å². The molecule has 1 atom stereocenters. The Kier molecular flexibility index (Phi) is 4.84. The Morgan fingerprint density at radius 2 is 2.21 bits per heavy atom. The van der Waals surface area contributed by atoms with Gasteiger partial charge >= 0.3 is 0 Å². The van der Waals surface area contributed by atoms with Crippen LogP contribution in [0.5, 0.6) is 0 Å². The largest absolute Gasteiger partial charge is 0.313 e. The molecule has 19 heavy (non-hydrogen) atoms. The summed E-state index contributed by atoms with van der Waals surface area (Å²) in [6.45, 7) is 3.15. The molecular formula is C13H19ClN2O2S. The summed E-state index contributed by atoms with van der Waals surface area (Å²) in [4.78, 5) is 0.260. The van der Waals surface area contributed by atoms with Gasteiger partial charge in [0.15, 0.2) is 0 Å². The first-order valence-electron chi connectivity index (χ1n) is 6.48. The molecule has 1 aromatic carbocycles. The second kappa shape index (κ2) is 6.22. The molecule has 106 valence electrons. The zero-order valence-corrected chi connectivity index (χ0v) is 12.5. The number of benzene rings is 1. The standard InChI is InChI=1S/C13H19ClN2O2S/c1-10-5-6-11(14)8-13(10)19(17,18)16-9-12-4-2-3-7-15-12/h5-6,8,12,15-16H,2-4,7,9H2,1H3. The van der Waals surface area contributed by atoms with E-state index in [2.05, 4.69) is 10.0 Å². The topological polar surface area (TPSA) is 58.2 Å². The van der Waals surface area contributed by atoms with Gasteiger partial charge in [-0.05, 0) is 44.0 Å². The van der Waals surface area contributed by atoms with Gasteiger partial charge in [0.2, 0.25) is 10.0 Å². The van der Waals surface area contributed by atoms with Crippen LogP contribution in [-0.4, -0.2) is 27.5 Å². The van der Waals surface area contributed by atoms with E-state index in [0.717, 1.165) is 25.8 Å². The Morgan fingerprint density at radius 3 is 2.89 bits per heavy atom. The lowest BCUT2D eigenvalue weighted by Gasteiger charge is -2.23. The first-order chi connectivity index (χ1) is 8.99. The van der Waals surface area contributed by atoms with Gasteiger partial charge in [-0.15, -0.1) is 0 Å². The Labute approximate surface area is 119 Å².